The molecule has 0 aliphatic heterocycles. The molecule has 2 aromatic carbocycles. The number of nitrogens with one attached hydrogen (secondary N) is 1. The van der Waals surface area contributed by atoms with Crippen LogP contribution in [0.25, 0.3) is 0 Å². The number of halogens is 1. The molecule has 2 nitrogen and oxygen atoms in total. The van der Waals surface area contributed by atoms with Gasteiger partial charge in [-0.3, -0.25) is 0 Å². The van der Waals surface area contributed by atoms with E-state index in [1.54, 1.807) is 11.3 Å². The molecule has 0 atom stereocenters. The Labute approximate surface area is 136 Å². The Morgan fingerprint density at radius 2 is 1.71 bits per heavy atom. The van der Waals surface area contributed by atoms with Crippen molar-refractivity contribution in [2.75, 3.05) is 5.32 Å². The van der Waals surface area contributed by atoms with Gasteiger partial charge in [0.15, 0.2) is 0 Å². The molecule has 0 radical (unpaired) electrons. The number of hydrogen-bond donors (Lipinski definition) is 1. The van der Waals surface area contributed by atoms with Crippen LogP contribution in [0.5, 0.6) is 11.5 Å². The highest BCUT2D eigenvalue weighted by Crippen LogP contribution is 2.26. The Bertz CT molecular complexity index is 712. The maximum atomic E-state index is 5.83. The zero-order valence-corrected chi connectivity index (χ0v) is 13.7. The van der Waals surface area contributed by atoms with E-state index >= 15 is 0 Å². The van der Waals surface area contributed by atoms with Gasteiger partial charge in [0.05, 0.1) is 3.79 Å². The van der Waals surface area contributed by atoms with E-state index < -0.39 is 0 Å². The summed E-state index contributed by atoms with van der Waals surface area (Å²) in [5.74, 6) is 1.68. The lowest BCUT2D eigenvalue weighted by Crippen LogP contribution is -1.97. The average molecular weight is 360 g/mol. The van der Waals surface area contributed by atoms with E-state index in [4.69, 9.17) is 4.74 Å². The average Bonchev–Trinajstić information content (AvgIpc) is 2.92. The smallest absolute Gasteiger partial charge is 0.129 e. The minimum atomic E-state index is 0.811. The van der Waals surface area contributed by atoms with Gasteiger partial charge in [0.25, 0.3) is 0 Å². The van der Waals surface area contributed by atoms with Gasteiger partial charge in [0.1, 0.15) is 11.5 Å². The molecule has 1 heterocycles. The van der Waals surface area contributed by atoms with E-state index in [0.717, 1.165) is 27.5 Å². The third kappa shape index (κ3) is 4.09. The lowest BCUT2D eigenvalue weighted by molar-refractivity contribution is 0.483. The number of thiophene rings is 1. The van der Waals surface area contributed by atoms with Crippen molar-refractivity contribution in [3.63, 3.8) is 0 Å². The largest absolute Gasteiger partial charge is 0.457 e. The van der Waals surface area contributed by atoms with Crippen LogP contribution in [-0.4, -0.2) is 0 Å². The highest BCUT2D eigenvalue weighted by molar-refractivity contribution is 9.11. The molecule has 0 spiro atoms. The summed E-state index contributed by atoms with van der Waals surface area (Å²) in [5.41, 5.74) is 1.05. The Morgan fingerprint density at radius 1 is 0.905 bits per heavy atom. The lowest BCUT2D eigenvalue weighted by Gasteiger charge is -2.09. The number of anilines is 1. The zero-order chi connectivity index (χ0) is 14.5. The molecule has 106 valence electrons. The normalized spacial score (nSPS) is 10.3. The van der Waals surface area contributed by atoms with Crippen LogP contribution < -0.4 is 10.1 Å². The highest BCUT2D eigenvalue weighted by atomic mass is 79.9. The maximum Gasteiger partial charge on any atom is 0.129 e. The standard InChI is InChI=1S/C17H14BrNOS/c18-17-10-9-16(21-17)12-19-13-5-4-8-15(11-13)20-14-6-2-1-3-7-14/h1-11,19H,12H2. The van der Waals surface area contributed by atoms with Crippen LogP contribution in [0.1, 0.15) is 4.88 Å². The van der Waals surface area contributed by atoms with Gasteiger partial charge in [-0.25, -0.2) is 0 Å². The molecular formula is C17H14BrNOS. The van der Waals surface area contributed by atoms with Crippen molar-refractivity contribution >= 4 is 33.0 Å². The second-order valence-corrected chi connectivity index (χ2v) is 7.05. The predicted molar refractivity (Wildman–Crippen MR) is 92.3 cm³/mol. The summed E-state index contributed by atoms with van der Waals surface area (Å²) in [7, 11) is 0. The van der Waals surface area contributed by atoms with E-state index in [1.165, 1.54) is 4.88 Å². The Morgan fingerprint density at radius 3 is 2.48 bits per heavy atom. The Kier molecular flexibility index (Phi) is 4.58. The molecule has 0 amide bonds. The topological polar surface area (TPSA) is 21.3 Å². The van der Waals surface area contributed by atoms with Crippen LogP contribution in [0.15, 0.2) is 70.5 Å². The van der Waals surface area contributed by atoms with E-state index in [9.17, 15) is 0 Å². The minimum Gasteiger partial charge on any atom is -0.457 e. The first-order chi connectivity index (χ1) is 10.3. The zero-order valence-electron chi connectivity index (χ0n) is 11.3. The van der Waals surface area contributed by atoms with Crippen LogP contribution in [-0.2, 0) is 6.54 Å². The second kappa shape index (κ2) is 6.78. The molecule has 0 unspecified atom stereocenters. The van der Waals surface area contributed by atoms with Crippen molar-refractivity contribution in [3.05, 3.63) is 75.4 Å². The third-order valence-corrected chi connectivity index (χ3v) is 4.53. The van der Waals surface area contributed by atoms with Crippen molar-refractivity contribution < 1.29 is 4.74 Å². The number of hydrogen-bond acceptors (Lipinski definition) is 3. The minimum absolute atomic E-state index is 0.811. The fourth-order valence-corrected chi connectivity index (χ4v) is 3.35. The monoisotopic (exact) mass is 359 g/mol. The van der Waals surface area contributed by atoms with E-state index in [0.29, 0.717) is 0 Å². The molecule has 0 saturated heterocycles. The van der Waals surface area contributed by atoms with Gasteiger partial charge in [-0.15, -0.1) is 11.3 Å². The summed E-state index contributed by atoms with van der Waals surface area (Å²) >= 11 is 5.21. The van der Waals surface area contributed by atoms with Crippen molar-refractivity contribution in [2.45, 2.75) is 6.54 Å². The van der Waals surface area contributed by atoms with Gasteiger partial charge in [-0.1, -0.05) is 24.3 Å². The first-order valence-electron chi connectivity index (χ1n) is 6.61. The number of benzene rings is 2. The van der Waals surface area contributed by atoms with Crippen molar-refractivity contribution in [2.24, 2.45) is 0 Å². The van der Waals surface area contributed by atoms with Crippen molar-refractivity contribution in [1.82, 2.24) is 0 Å². The van der Waals surface area contributed by atoms with Crippen molar-refractivity contribution in [1.29, 1.82) is 0 Å². The summed E-state index contributed by atoms with van der Waals surface area (Å²) in [6.45, 7) is 0.811. The summed E-state index contributed by atoms with van der Waals surface area (Å²) in [5, 5.41) is 3.41. The van der Waals surface area contributed by atoms with Gasteiger partial charge in [0, 0.05) is 23.2 Å². The van der Waals surface area contributed by atoms with Crippen molar-refractivity contribution in [3.8, 4) is 11.5 Å². The molecule has 3 rings (SSSR count). The molecule has 0 fully saturated rings. The molecule has 0 bridgehead atoms. The van der Waals surface area contributed by atoms with E-state index in [1.807, 2.05) is 54.6 Å². The maximum absolute atomic E-state index is 5.83. The van der Waals surface area contributed by atoms with Gasteiger partial charge >= 0.3 is 0 Å². The van der Waals surface area contributed by atoms with Crippen LogP contribution in [0.2, 0.25) is 0 Å². The van der Waals surface area contributed by atoms with Gasteiger partial charge in [-0.05, 0) is 52.3 Å². The molecule has 1 N–H and O–H groups in total. The fourth-order valence-electron chi connectivity index (χ4n) is 1.93. The van der Waals surface area contributed by atoms with Crippen LogP contribution in [0, 0.1) is 0 Å². The molecule has 3 aromatic rings. The first kappa shape index (κ1) is 14.2. The number of rotatable bonds is 5. The molecule has 1 aromatic heterocycles. The summed E-state index contributed by atoms with van der Waals surface area (Å²) in [4.78, 5) is 1.29. The fraction of sp³-hybridized carbons (Fsp3) is 0.0588. The molecule has 0 aliphatic rings. The SMILES string of the molecule is Brc1ccc(CNc2cccc(Oc3ccccc3)c2)s1. The predicted octanol–water partition coefficient (Wildman–Crippen LogP) is 5.92. The van der Waals surface area contributed by atoms with Gasteiger partial charge in [-0.2, -0.15) is 0 Å². The molecule has 4 heteroatoms. The summed E-state index contributed by atoms with van der Waals surface area (Å²) < 4.78 is 6.98. The third-order valence-electron chi connectivity index (χ3n) is 2.91. The molecule has 0 aliphatic carbocycles. The van der Waals surface area contributed by atoms with Crippen LogP contribution in [0.4, 0.5) is 5.69 Å². The quantitative estimate of drug-likeness (QED) is 0.610. The summed E-state index contributed by atoms with van der Waals surface area (Å²) in [6, 6.07) is 22.0. The Balaban J connectivity index is 1.65. The van der Waals surface area contributed by atoms with Gasteiger partial charge < -0.3 is 10.1 Å². The molecule has 21 heavy (non-hydrogen) atoms. The summed E-state index contributed by atoms with van der Waals surface area (Å²) in [6.07, 6.45) is 0. The number of ether oxygens (including phenoxy) is 1. The van der Waals surface area contributed by atoms with Crippen LogP contribution >= 0.6 is 27.3 Å². The van der Waals surface area contributed by atoms with E-state index in [-0.39, 0.29) is 0 Å². The van der Waals surface area contributed by atoms with Gasteiger partial charge in [0.2, 0.25) is 0 Å². The second-order valence-electron chi connectivity index (χ2n) is 4.50. The first-order valence-corrected chi connectivity index (χ1v) is 8.21. The van der Waals surface area contributed by atoms with E-state index in [2.05, 4.69) is 33.4 Å². The highest BCUT2D eigenvalue weighted by Gasteiger charge is 2.00. The van der Waals surface area contributed by atoms with Crippen LogP contribution in [0.3, 0.4) is 0 Å². The number of para-hydroxylation sites is 1. The molecular weight excluding hydrogens is 346 g/mol. The Hall–Kier alpha value is -1.78. The lowest BCUT2D eigenvalue weighted by atomic mass is 10.3. The molecule has 0 saturated carbocycles.